The van der Waals surface area contributed by atoms with Gasteiger partial charge in [-0.1, -0.05) is 17.7 Å². The molecule has 1 unspecified atom stereocenters. The quantitative estimate of drug-likeness (QED) is 0.388. The van der Waals surface area contributed by atoms with Crippen molar-refractivity contribution in [1.82, 2.24) is 0 Å². The highest BCUT2D eigenvalue weighted by Crippen LogP contribution is 2.26. The van der Waals surface area contributed by atoms with E-state index in [-0.39, 0.29) is 16.3 Å². The van der Waals surface area contributed by atoms with Crippen molar-refractivity contribution in [3.05, 3.63) is 44.5 Å². The second kappa shape index (κ2) is 5.78. The molecule has 0 heterocycles. The molecule has 0 radical (unpaired) electrons. The van der Waals surface area contributed by atoms with Gasteiger partial charge in [0.25, 0.3) is 5.69 Å². The van der Waals surface area contributed by atoms with Crippen LogP contribution in [0.1, 0.15) is 5.56 Å². The summed E-state index contributed by atoms with van der Waals surface area (Å²) in [6, 6.07) is 7.04. The van der Waals surface area contributed by atoms with Gasteiger partial charge < -0.3 is 5.11 Å². The Morgan fingerprint density at radius 1 is 1.56 bits per heavy atom. The largest absolute Gasteiger partial charge is 0.373 e. The van der Waals surface area contributed by atoms with Gasteiger partial charge in [0.15, 0.2) is 6.10 Å². The number of aliphatic hydroxyl groups excluding tert-OH is 1. The summed E-state index contributed by atoms with van der Waals surface area (Å²) in [6.07, 6.45) is -0.373. The molecule has 0 bridgehead atoms. The normalized spacial score (nSPS) is 12.3. The van der Waals surface area contributed by atoms with Gasteiger partial charge in [-0.05, 0) is 17.7 Å². The molecule has 0 saturated carbocycles. The van der Waals surface area contributed by atoms with E-state index in [9.17, 15) is 15.2 Å². The van der Waals surface area contributed by atoms with Gasteiger partial charge in [-0.2, -0.15) is 10.5 Å². The van der Waals surface area contributed by atoms with Crippen LogP contribution in [0.2, 0.25) is 5.02 Å². The van der Waals surface area contributed by atoms with Crippen molar-refractivity contribution < 1.29 is 10.0 Å². The zero-order valence-corrected chi connectivity index (χ0v) is 9.63. The van der Waals surface area contributed by atoms with E-state index in [2.05, 4.69) is 0 Å². The van der Waals surface area contributed by atoms with E-state index >= 15 is 0 Å². The molecule has 1 aromatic rings. The minimum absolute atomic E-state index is 0.0310. The molecular formula is C11H6ClN3O3. The number of halogens is 1. The standard InChI is InChI=1S/C11H6ClN3O3/c12-9-2-1-7(4-10(9)15(17)18)3-8(5-13)11(16)6-14/h1-4,11,16H. The molecule has 0 spiro atoms. The highest BCUT2D eigenvalue weighted by molar-refractivity contribution is 6.32. The van der Waals surface area contributed by atoms with Crippen LogP contribution in [0.5, 0.6) is 0 Å². The Bertz CT molecular complexity index is 599. The number of hydrogen-bond donors (Lipinski definition) is 1. The highest BCUT2D eigenvalue weighted by atomic mass is 35.5. The maximum atomic E-state index is 10.7. The fourth-order valence-electron chi connectivity index (χ4n) is 1.18. The average molecular weight is 264 g/mol. The minimum atomic E-state index is -1.57. The first-order chi connectivity index (χ1) is 8.49. The molecule has 0 aromatic heterocycles. The Balaban J connectivity index is 3.24. The summed E-state index contributed by atoms with van der Waals surface area (Å²) in [5, 5.41) is 37.0. The third kappa shape index (κ3) is 3.05. The van der Waals surface area contributed by atoms with Crippen molar-refractivity contribution in [2.24, 2.45) is 0 Å². The monoisotopic (exact) mass is 263 g/mol. The predicted octanol–water partition coefficient (Wildman–Crippen LogP) is 2.04. The van der Waals surface area contributed by atoms with Gasteiger partial charge in [-0.15, -0.1) is 0 Å². The molecule has 0 aliphatic carbocycles. The molecule has 90 valence electrons. The Morgan fingerprint density at radius 3 is 2.72 bits per heavy atom. The first-order valence-electron chi connectivity index (χ1n) is 4.63. The number of nitrogens with zero attached hydrogens (tertiary/aromatic N) is 3. The van der Waals surface area contributed by atoms with Crippen molar-refractivity contribution in [3.8, 4) is 12.1 Å². The lowest BCUT2D eigenvalue weighted by Gasteiger charge is -2.00. The second-order valence-electron chi connectivity index (χ2n) is 3.21. The Morgan fingerprint density at radius 2 is 2.22 bits per heavy atom. The van der Waals surface area contributed by atoms with Crippen molar-refractivity contribution in [2.75, 3.05) is 0 Å². The third-order valence-corrected chi connectivity index (χ3v) is 2.35. The van der Waals surface area contributed by atoms with Crippen LogP contribution < -0.4 is 0 Å². The maximum absolute atomic E-state index is 10.7. The van der Waals surface area contributed by atoms with Crippen molar-refractivity contribution in [2.45, 2.75) is 6.10 Å². The first kappa shape index (κ1) is 13.7. The van der Waals surface area contributed by atoms with Gasteiger partial charge in [0, 0.05) is 6.07 Å². The molecule has 1 rings (SSSR count). The Hall–Kier alpha value is -2.41. The number of nitriles is 2. The summed E-state index contributed by atoms with van der Waals surface area (Å²) >= 11 is 5.62. The number of nitro benzene ring substituents is 1. The lowest BCUT2D eigenvalue weighted by Crippen LogP contribution is -2.04. The van der Waals surface area contributed by atoms with E-state index < -0.39 is 11.0 Å². The fraction of sp³-hybridized carbons (Fsp3) is 0.0909. The lowest BCUT2D eigenvalue weighted by molar-refractivity contribution is -0.384. The van der Waals surface area contributed by atoms with Crippen LogP contribution in [0.3, 0.4) is 0 Å². The smallest absolute Gasteiger partial charge is 0.288 e. The molecule has 0 aliphatic rings. The summed E-state index contributed by atoms with van der Waals surface area (Å²) in [5.74, 6) is 0. The van der Waals surface area contributed by atoms with E-state index in [1.165, 1.54) is 24.3 Å². The topological polar surface area (TPSA) is 111 Å². The minimum Gasteiger partial charge on any atom is -0.373 e. The predicted molar refractivity (Wildman–Crippen MR) is 63.3 cm³/mol. The van der Waals surface area contributed by atoms with Gasteiger partial charge in [0.05, 0.1) is 22.6 Å². The molecule has 0 amide bonds. The summed E-state index contributed by atoms with van der Waals surface area (Å²) in [4.78, 5) is 9.99. The Labute approximate surface area is 107 Å². The molecule has 6 nitrogen and oxygen atoms in total. The van der Waals surface area contributed by atoms with Crippen LogP contribution in [0.4, 0.5) is 5.69 Å². The maximum Gasteiger partial charge on any atom is 0.288 e. The molecule has 1 aromatic carbocycles. The van der Waals surface area contributed by atoms with Crippen LogP contribution in [-0.2, 0) is 0 Å². The van der Waals surface area contributed by atoms with Crippen LogP contribution in [0.15, 0.2) is 23.8 Å². The molecule has 0 aliphatic heterocycles. The average Bonchev–Trinajstić information content (AvgIpc) is 2.36. The molecule has 1 atom stereocenters. The SMILES string of the molecule is N#CC(=Cc1ccc(Cl)c([N+](=O)[O-])c1)C(O)C#N. The van der Waals surface area contributed by atoms with Crippen molar-refractivity contribution in [3.63, 3.8) is 0 Å². The molecule has 0 saturated heterocycles. The van der Waals surface area contributed by atoms with E-state index in [0.29, 0.717) is 5.56 Å². The summed E-state index contributed by atoms with van der Waals surface area (Å²) < 4.78 is 0. The molecule has 0 fully saturated rings. The van der Waals surface area contributed by atoms with Crippen LogP contribution in [0, 0.1) is 32.8 Å². The van der Waals surface area contributed by atoms with Crippen LogP contribution >= 0.6 is 11.6 Å². The zero-order chi connectivity index (χ0) is 13.7. The van der Waals surface area contributed by atoms with E-state index in [0.717, 1.165) is 6.07 Å². The summed E-state index contributed by atoms with van der Waals surface area (Å²) in [5.41, 5.74) is -0.208. The van der Waals surface area contributed by atoms with Gasteiger partial charge in [0.2, 0.25) is 0 Å². The van der Waals surface area contributed by atoms with Gasteiger partial charge in [-0.3, -0.25) is 10.1 Å². The zero-order valence-electron chi connectivity index (χ0n) is 8.87. The molecule has 1 N–H and O–H groups in total. The highest BCUT2D eigenvalue weighted by Gasteiger charge is 2.14. The van der Waals surface area contributed by atoms with Gasteiger partial charge in [0.1, 0.15) is 5.02 Å². The molecular weight excluding hydrogens is 258 g/mol. The van der Waals surface area contributed by atoms with Crippen LogP contribution in [-0.4, -0.2) is 16.1 Å². The number of benzene rings is 1. The van der Waals surface area contributed by atoms with E-state index in [1.807, 2.05) is 0 Å². The molecule has 7 heteroatoms. The van der Waals surface area contributed by atoms with Gasteiger partial charge in [-0.25, -0.2) is 0 Å². The van der Waals surface area contributed by atoms with Crippen molar-refractivity contribution >= 4 is 23.4 Å². The Kier molecular flexibility index (Phi) is 4.39. The number of hydrogen-bond acceptors (Lipinski definition) is 5. The number of aliphatic hydroxyl groups is 1. The first-order valence-corrected chi connectivity index (χ1v) is 5.00. The van der Waals surface area contributed by atoms with Crippen molar-refractivity contribution in [1.29, 1.82) is 10.5 Å². The fourth-order valence-corrected chi connectivity index (χ4v) is 1.37. The summed E-state index contributed by atoms with van der Waals surface area (Å²) in [6.45, 7) is 0. The number of nitro groups is 1. The van der Waals surface area contributed by atoms with Gasteiger partial charge >= 0.3 is 0 Å². The third-order valence-electron chi connectivity index (χ3n) is 2.04. The summed E-state index contributed by atoms with van der Waals surface area (Å²) in [7, 11) is 0. The van der Waals surface area contributed by atoms with E-state index in [1.54, 1.807) is 6.07 Å². The second-order valence-corrected chi connectivity index (χ2v) is 3.62. The lowest BCUT2D eigenvalue weighted by atomic mass is 10.1. The molecule has 18 heavy (non-hydrogen) atoms. The number of rotatable bonds is 3. The van der Waals surface area contributed by atoms with E-state index in [4.69, 9.17) is 22.1 Å². The van der Waals surface area contributed by atoms with Crippen LogP contribution in [0.25, 0.3) is 6.08 Å².